The van der Waals surface area contributed by atoms with E-state index in [-0.39, 0.29) is 11.8 Å². The number of unbranched alkanes of at least 4 members (excludes halogenated alkanes) is 1. The summed E-state index contributed by atoms with van der Waals surface area (Å²) >= 11 is 1.59. The van der Waals surface area contributed by atoms with Gasteiger partial charge in [0, 0.05) is 44.9 Å². The molecule has 3 N–H and O–H groups in total. The van der Waals surface area contributed by atoms with E-state index in [2.05, 4.69) is 49.7 Å². The van der Waals surface area contributed by atoms with Crippen molar-refractivity contribution in [2.75, 3.05) is 51.4 Å². The van der Waals surface area contributed by atoms with Crippen molar-refractivity contribution in [3.8, 4) is 11.8 Å². The Labute approximate surface area is 240 Å². The van der Waals surface area contributed by atoms with Crippen molar-refractivity contribution in [1.82, 2.24) is 30.1 Å². The summed E-state index contributed by atoms with van der Waals surface area (Å²) in [5.74, 6) is 7.09. The lowest BCUT2D eigenvalue weighted by Crippen LogP contribution is -2.45. The highest BCUT2D eigenvalue weighted by Crippen LogP contribution is 2.24. The molecule has 0 aliphatic heterocycles. The van der Waals surface area contributed by atoms with Gasteiger partial charge in [-0.15, -0.1) is 11.3 Å². The van der Waals surface area contributed by atoms with Crippen LogP contribution in [0.5, 0.6) is 0 Å². The highest BCUT2D eigenvalue weighted by Gasteiger charge is 2.20. The zero-order chi connectivity index (χ0) is 28.9. The normalized spacial score (nSPS) is 11.8. The summed E-state index contributed by atoms with van der Waals surface area (Å²) < 4.78 is 1.09. The summed E-state index contributed by atoms with van der Waals surface area (Å²) in [6, 6.07) is 5.39. The first-order valence-electron chi connectivity index (χ1n) is 13.3. The first kappa shape index (κ1) is 30.5. The quantitative estimate of drug-likeness (QED) is 0.163. The minimum atomic E-state index is -0.567. The van der Waals surface area contributed by atoms with Gasteiger partial charge in [-0.3, -0.25) is 9.59 Å². The Hall–Kier alpha value is -4.01. The minimum Gasteiger partial charge on any atom is -0.369 e. The van der Waals surface area contributed by atoms with E-state index in [4.69, 9.17) is 0 Å². The van der Waals surface area contributed by atoms with Crippen LogP contribution in [0, 0.1) is 11.8 Å². The van der Waals surface area contributed by atoms with Gasteiger partial charge in [0.15, 0.2) is 0 Å². The number of anilines is 3. The third-order valence-electron chi connectivity index (χ3n) is 5.96. The zero-order valence-electron chi connectivity index (χ0n) is 23.8. The third-order valence-corrected chi connectivity index (χ3v) is 6.75. The molecule has 3 rings (SSSR count). The predicted molar refractivity (Wildman–Crippen MR) is 163 cm³/mol. The minimum absolute atomic E-state index is 0.193. The van der Waals surface area contributed by atoms with Crippen molar-refractivity contribution < 1.29 is 9.59 Å². The molecule has 0 saturated carbocycles. The van der Waals surface area contributed by atoms with Gasteiger partial charge < -0.3 is 25.8 Å². The van der Waals surface area contributed by atoms with Crippen LogP contribution in [0.15, 0.2) is 42.1 Å². The lowest BCUT2D eigenvalue weighted by molar-refractivity contribution is -0.135. The molecule has 0 aliphatic rings. The molecule has 10 nitrogen and oxygen atoms in total. The SMILES string of the molecule is CCCNc1nc(Nc2ccc3ncsc3c2)ncc1C#CCCCNC(=O)[C@H](C)N(C)C(=O)C=CCN(C)C. The third kappa shape index (κ3) is 9.32. The van der Waals surface area contributed by atoms with Crippen molar-refractivity contribution in [2.45, 2.75) is 39.2 Å². The van der Waals surface area contributed by atoms with Crippen LogP contribution in [0.3, 0.4) is 0 Å². The summed E-state index contributed by atoms with van der Waals surface area (Å²) in [6.07, 6.45) is 7.23. The number of hydrogen-bond acceptors (Lipinski definition) is 9. The maximum atomic E-state index is 12.5. The van der Waals surface area contributed by atoms with Gasteiger partial charge in [0.25, 0.3) is 0 Å². The fourth-order valence-electron chi connectivity index (χ4n) is 3.52. The number of amides is 2. The average Bonchev–Trinajstić information content (AvgIpc) is 3.41. The number of rotatable bonds is 13. The average molecular weight is 563 g/mol. The summed E-state index contributed by atoms with van der Waals surface area (Å²) in [5, 5.41) is 9.48. The van der Waals surface area contributed by atoms with Gasteiger partial charge in [-0.2, -0.15) is 4.98 Å². The van der Waals surface area contributed by atoms with Gasteiger partial charge >= 0.3 is 0 Å². The topological polar surface area (TPSA) is 115 Å². The smallest absolute Gasteiger partial charge is 0.246 e. The molecule has 0 radical (unpaired) electrons. The van der Waals surface area contributed by atoms with Crippen LogP contribution < -0.4 is 16.0 Å². The van der Waals surface area contributed by atoms with Crippen LogP contribution in [-0.4, -0.2) is 83.4 Å². The fraction of sp³-hybridized carbons (Fsp3) is 0.414. The maximum Gasteiger partial charge on any atom is 0.246 e. The second-order valence-corrected chi connectivity index (χ2v) is 10.4. The molecule has 0 fully saturated rings. The number of hydrogen-bond donors (Lipinski definition) is 3. The van der Waals surface area contributed by atoms with Crippen molar-refractivity contribution >= 4 is 50.8 Å². The second-order valence-electron chi connectivity index (χ2n) is 9.53. The van der Waals surface area contributed by atoms with Crippen molar-refractivity contribution in [1.29, 1.82) is 0 Å². The molecule has 212 valence electrons. The molecule has 0 aliphatic carbocycles. The molecule has 2 amide bonds. The van der Waals surface area contributed by atoms with Gasteiger partial charge in [0.2, 0.25) is 17.8 Å². The first-order valence-corrected chi connectivity index (χ1v) is 14.2. The van der Waals surface area contributed by atoms with Crippen LogP contribution in [0.25, 0.3) is 10.2 Å². The number of aromatic nitrogens is 3. The van der Waals surface area contributed by atoms with Crippen LogP contribution in [0.2, 0.25) is 0 Å². The Balaban J connectivity index is 1.51. The molecule has 3 aromatic rings. The van der Waals surface area contributed by atoms with Crippen LogP contribution in [0.4, 0.5) is 17.5 Å². The number of benzene rings is 1. The summed E-state index contributed by atoms with van der Waals surface area (Å²) in [5.41, 5.74) is 4.41. The lowest BCUT2D eigenvalue weighted by atomic mass is 10.2. The standard InChI is InChI=1S/C29H38N8O2S/c1-6-15-30-27-22(19-32-29(35-27)34-23-13-14-24-25(18-23)40-20-33-24)11-8-7-9-16-31-28(39)21(2)37(5)26(38)12-10-17-36(3)4/h10,12-14,18-21H,6-7,9,15-17H2,1-5H3,(H,31,39)(H2,30,32,34,35)/t21-/m0/s1. The maximum absolute atomic E-state index is 12.5. The largest absolute Gasteiger partial charge is 0.369 e. The Morgan fingerprint density at radius 3 is 2.77 bits per heavy atom. The number of fused-ring (bicyclic) bond motifs is 1. The van der Waals surface area contributed by atoms with E-state index in [1.807, 2.05) is 42.7 Å². The molecule has 0 unspecified atom stereocenters. The molecular formula is C29H38N8O2S. The van der Waals surface area contributed by atoms with Gasteiger partial charge in [0.1, 0.15) is 11.9 Å². The summed E-state index contributed by atoms with van der Waals surface area (Å²) in [6.45, 7) is 5.71. The number of likely N-dealkylation sites (N-methyl/N-ethyl adjacent to an activating group) is 2. The van der Waals surface area contributed by atoms with Gasteiger partial charge in [-0.25, -0.2) is 9.97 Å². The number of thiazole rings is 1. The summed E-state index contributed by atoms with van der Waals surface area (Å²) in [7, 11) is 5.48. The fourth-order valence-corrected chi connectivity index (χ4v) is 4.23. The number of carbonyl (C=O) groups is 2. The number of nitrogens with zero attached hydrogens (tertiary/aromatic N) is 5. The van der Waals surface area contributed by atoms with Gasteiger partial charge in [0.05, 0.1) is 27.5 Å². The van der Waals surface area contributed by atoms with E-state index in [0.29, 0.717) is 37.7 Å². The molecule has 0 saturated heterocycles. The van der Waals surface area contributed by atoms with E-state index in [1.165, 1.54) is 11.0 Å². The molecule has 0 spiro atoms. The molecule has 2 aromatic heterocycles. The van der Waals surface area contributed by atoms with Gasteiger partial charge in [-0.1, -0.05) is 24.8 Å². The Kier molecular flexibility index (Phi) is 11.9. The Morgan fingerprint density at radius 2 is 2.00 bits per heavy atom. The molecule has 1 aromatic carbocycles. The van der Waals surface area contributed by atoms with Gasteiger partial charge in [-0.05, 0) is 52.1 Å². The molecule has 40 heavy (non-hydrogen) atoms. The second kappa shape index (κ2) is 15.5. The lowest BCUT2D eigenvalue weighted by Gasteiger charge is -2.23. The van der Waals surface area contributed by atoms with Crippen LogP contribution in [-0.2, 0) is 9.59 Å². The first-order chi connectivity index (χ1) is 19.3. The van der Waals surface area contributed by atoms with Crippen molar-refractivity contribution in [3.63, 3.8) is 0 Å². The molecule has 1 atom stereocenters. The van der Waals surface area contributed by atoms with E-state index in [0.717, 1.165) is 34.4 Å². The number of carbonyl (C=O) groups excluding carboxylic acids is 2. The van der Waals surface area contributed by atoms with E-state index in [9.17, 15) is 9.59 Å². The van der Waals surface area contributed by atoms with E-state index < -0.39 is 6.04 Å². The summed E-state index contributed by atoms with van der Waals surface area (Å²) in [4.78, 5) is 41.5. The number of nitrogens with one attached hydrogen (secondary N) is 3. The highest BCUT2D eigenvalue weighted by molar-refractivity contribution is 7.16. The monoisotopic (exact) mass is 562 g/mol. The van der Waals surface area contributed by atoms with E-state index in [1.54, 1.807) is 37.6 Å². The molecule has 0 bridgehead atoms. The predicted octanol–water partition coefficient (Wildman–Crippen LogP) is 3.86. The van der Waals surface area contributed by atoms with Crippen LogP contribution >= 0.6 is 11.3 Å². The van der Waals surface area contributed by atoms with E-state index >= 15 is 0 Å². The highest BCUT2D eigenvalue weighted by atomic mass is 32.1. The van der Waals surface area contributed by atoms with Crippen LogP contribution in [0.1, 0.15) is 38.7 Å². The van der Waals surface area contributed by atoms with Crippen molar-refractivity contribution in [3.05, 3.63) is 47.6 Å². The molecule has 11 heteroatoms. The van der Waals surface area contributed by atoms with Crippen molar-refractivity contribution in [2.24, 2.45) is 0 Å². The Morgan fingerprint density at radius 1 is 1.18 bits per heavy atom. The molecular weight excluding hydrogens is 524 g/mol. The Bertz CT molecular complexity index is 1380. The molecule has 2 heterocycles. The zero-order valence-corrected chi connectivity index (χ0v) is 24.6.